The lowest BCUT2D eigenvalue weighted by Gasteiger charge is -2.25. The molecule has 1 atom stereocenters. The van der Waals surface area contributed by atoms with E-state index in [2.05, 4.69) is 10.1 Å². The molecule has 2 heterocycles. The number of pyridine rings is 1. The summed E-state index contributed by atoms with van der Waals surface area (Å²) in [6, 6.07) is 5.48. The zero-order valence-electron chi connectivity index (χ0n) is 12.8. The summed E-state index contributed by atoms with van der Waals surface area (Å²) in [5.41, 5.74) is 2.92. The van der Waals surface area contributed by atoms with E-state index in [1.807, 2.05) is 37.3 Å². The van der Waals surface area contributed by atoms with Crippen LogP contribution in [0.3, 0.4) is 0 Å². The van der Waals surface area contributed by atoms with Crippen LogP contribution in [0.4, 0.5) is 0 Å². The fourth-order valence-corrected chi connectivity index (χ4v) is 2.48. The fraction of sp³-hybridized carbons (Fsp3) is 0.294. The van der Waals surface area contributed by atoms with E-state index >= 15 is 0 Å². The third-order valence-electron chi connectivity index (χ3n) is 3.58. The Morgan fingerprint density at radius 2 is 2.35 bits per heavy atom. The maximum atomic E-state index is 9.39. The molecule has 0 spiro atoms. The van der Waals surface area contributed by atoms with Gasteiger partial charge in [-0.3, -0.25) is 4.98 Å². The van der Waals surface area contributed by atoms with Gasteiger partial charge >= 0.3 is 0 Å². The Balaban J connectivity index is 1.82. The smallest absolute Gasteiger partial charge is 0.168 e. The van der Waals surface area contributed by atoms with Crippen molar-refractivity contribution in [3.05, 3.63) is 65.2 Å². The highest BCUT2D eigenvalue weighted by atomic mass is 17.2. The average Bonchev–Trinajstić information content (AvgIpc) is 2.61. The van der Waals surface area contributed by atoms with Gasteiger partial charge in [0.1, 0.15) is 11.8 Å². The highest BCUT2D eigenvalue weighted by Crippen LogP contribution is 2.31. The highest BCUT2D eigenvalue weighted by molar-refractivity contribution is 6.11. The summed E-state index contributed by atoms with van der Waals surface area (Å²) in [4.78, 5) is 14.8. The van der Waals surface area contributed by atoms with Crippen molar-refractivity contribution in [2.24, 2.45) is 5.16 Å². The molecule has 0 saturated carbocycles. The average molecular weight is 314 g/mol. The van der Waals surface area contributed by atoms with Crippen molar-refractivity contribution >= 4 is 5.71 Å². The third-order valence-corrected chi connectivity index (χ3v) is 3.58. The summed E-state index contributed by atoms with van der Waals surface area (Å²) in [7, 11) is 0. The number of nitrogens with zero attached hydrogens (tertiary/aromatic N) is 2. The molecule has 1 aliphatic carbocycles. The van der Waals surface area contributed by atoms with Crippen molar-refractivity contribution in [1.29, 1.82) is 0 Å². The van der Waals surface area contributed by atoms with Crippen molar-refractivity contribution in [2.75, 3.05) is 13.2 Å². The molecule has 2 aliphatic rings. The molecule has 6 nitrogen and oxygen atoms in total. The van der Waals surface area contributed by atoms with Gasteiger partial charge in [-0.25, -0.2) is 0 Å². The Bertz CT molecular complexity index is 677. The van der Waals surface area contributed by atoms with Gasteiger partial charge in [0.25, 0.3) is 0 Å². The van der Waals surface area contributed by atoms with Gasteiger partial charge in [0.05, 0.1) is 12.3 Å². The SMILES string of the molecule is CCOCC1C=C2CC(C(=NO)c3ccccn3)=CC=C2OO1. The van der Waals surface area contributed by atoms with Crippen molar-refractivity contribution in [3.8, 4) is 0 Å². The first-order valence-corrected chi connectivity index (χ1v) is 7.48. The number of hydrogen-bond donors (Lipinski definition) is 1. The van der Waals surface area contributed by atoms with Gasteiger partial charge in [0.15, 0.2) is 5.76 Å². The van der Waals surface area contributed by atoms with Gasteiger partial charge in [-0.05, 0) is 36.8 Å². The van der Waals surface area contributed by atoms with E-state index in [-0.39, 0.29) is 6.10 Å². The van der Waals surface area contributed by atoms with E-state index in [9.17, 15) is 5.21 Å². The molecule has 1 aromatic rings. The van der Waals surface area contributed by atoms with Crippen LogP contribution in [0.15, 0.2) is 64.7 Å². The normalized spacial score (nSPS) is 20.8. The summed E-state index contributed by atoms with van der Waals surface area (Å²) in [5, 5.41) is 12.8. The number of rotatable bonds is 5. The van der Waals surface area contributed by atoms with Crippen LogP contribution in [-0.4, -0.2) is 35.2 Å². The number of ether oxygens (including phenoxy) is 1. The summed E-state index contributed by atoms with van der Waals surface area (Å²) in [5.74, 6) is 0.666. The molecular weight excluding hydrogens is 296 g/mol. The van der Waals surface area contributed by atoms with Gasteiger partial charge < -0.3 is 14.8 Å². The Kier molecular flexibility index (Phi) is 4.85. The Hall–Kier alpha value is -2.44. The molecule has 0 saturated heterocycles. The van der Waals surface area contributed by atoms with Crippen LogP contribution in [0.1, 0.15) is 19.0 Å². The number of aromatic nitrogens is 1. The summed E-state index contributed by atoms with van der Waals surface area (Å²) in [6.45, 7) is 2.99. The van der Waals surface area contributed by atoms with Crippen molar-refractivity contribution < 1.29 is 19.7 Å². The minimum atomic E-state index is -0.245. The first kappa shape index (κ1) is 15.5. The molecule has 1 N–H and O–H groups in total. The summed E-state index contributed by atoms with van der Waals surface area (Å²) in [6.07, 6.45) is 7.63. The lowest BCUT2D eigenvalue weighted by atomic mass is 9.92. The highest BCUT2D eigenvalue weighted by Gasteiger charge is 2.25. The van der Waals surface area contributed by atoms with Crippen LogP contribution in [0.5, 0.6) is 0 Å². The van der Waals surface area contributed by atoms with Crippen molar-refractivity contribution in [1.82, 2.24) is 4.98 Å². The minimum absolute atomic E-state index is 0.245. The van der Waals surface area contributed by atoms with E-state index in [0.29, 0.717) is 36.8 Å². The molecule has 6 heteroatoms. The van der Waals surface area contributed by atoms with Gasteiger partial charge in [-0.1, -0.05) is 17.3 Å². The lowest BCUT2D eigenvalue weighted by molar-refractivity contribution is -0.294. The fourth-order valence-electron chi connectivity index (χ4n) is 2.48. The molecule has 1 unspecified atom stereocenters. The zero-order valence-corrected chi connectivity index (χ0v) is 12.8. The van der Waals surface area contributed by atoms with E-state index in [4.69, 9.17) is 14.5 Å². The van der Waals surface area contributed by atoms with E-state index in [0.717, 1.165) is 11.1 Å². The van der Waals surface area contributed by atoms with Crippen LogP contribution >= 0.6 is 0 Å². The van der Waals surface area contributed by atoms with Gasteiger partial charge in [-0.2, -0.15) is 4.89 Å². The molecule has 0 fully saturated rings. The van der Waals surface area contributed by atoms with E-state index in [1.165, 1.54) is 0 Å². The van der Waals surface area contributed by atoms with Gasteiger partial charge in [0.2, 0.25) is 0 Å². The second-order valence-corrected chi connectivity index (χ2v) is 5.13. The molecule has 23 heavy (non-hydrogen) atoms. The number of allylic oxidation sites excluding steroid dienone is 4. The second-order valence-electron chi connectivity index (χ2n) is 5.13. The molecule has 1 aliphatic heterocycles. The molecule has 120 valence electrons. The quantitative estimate of drug-likeness (QED) is 0.391. The third kappa shape index (κ3) is 3.49. The van der Waals surface area contributed by atoms with E-state index in [1.54, 1.807) is 12.3 Å². The lowest BCUT2D eigenvalue weighted by Crippen LogP contribution is -2.24. The first-order valence-electron chi connectivity index (χ1n) is 7.48. The Morgan fingerprint density at radius 1 is 1.43 bits per heavy atom. The van der Waals surface area contributed by atoms with Crippen molar-refractivity contribution in [2.45, 2.75) is 19.4 Å². The molecule has 3 rings (SSSR count). The Labute approximate surface area is 134 Å². The predicted molar refractivity (Wildman–Crippen MR) is 83.9 cm³/mol. The van der Waals surface area contributed by atoms with Crippen LogP contribution in [-0.2, 0) is 14.5 Å². The molecule has 0 aromatic carbocycles. The molecule has 0 amide bonds. The minimum Gasteiger partial charge on any atom is -0.410 e. The molecule has 0 bridgehead atoms. The predicted octanol–water partition coefficient (Wildman–Crippen LogP) is 2.77. The van der Waals surface area contributed by atoms with Gasteiger partial charge in [0, 0.05) is 24.8 Å². The summed E-state index contributed by atoms with van der Waals surface area (Å²) < 4.78 is 5.36. The largest absolute Gasteiger partial charge is 0.410 e. The number of fused-ring (bicyclic) bond motifs is 1. The summed E-state index contributed by atoms with van der Waals surface area (Å²) >= 11 is 0. The van der Waals surface area contributed by atoms with Gasteiger partial charge in [-0.15, -0.1) is 0 Å². The van der Waals surface area contributed by atoms with Crippen molar-refractivity contribution in [3.63, 3.8) is 0 Å². The van der Waals surface area contributed by atoms with Crippen LogP contribution in [0.2, 0.25) is 0 Å². The standard InChI is InChI=1S/C17H18N2O4/c1-2-21-11-14-10-13-9-12(6-7-16(13)23-22-14)17(19-20)15-5-3-4-8-18-15/h3-8,10,14,20H,2,9,11H2,1H3. The number of oxime groups is 1. The maximum Gasteiger partial charge on any atom is 0.168 e. The van der Waals surface area contributed by atoms with Crippen LogP contribution in [0.25, 0.3) is 0 Å². The Morgan fingerprint density at radius 3 is 3.09 bits per heavy atom. The zero-order chi connectivity index (χ0) is 16.1. The van der Waals surface area contributed by atoms with Crippen LogP contribution in [0, 0.1) is 0 Å². The molecule has 1 aromatic heterocycles. The van der Waals surface area contributed by atoms with E-state index < -0.39 is 0 Å². The molecular formula is C17H18N2O4. The first-order chi connectivity index (χ1) is 11.3. The second kappa shape index (κ2) is 7.21. The topological polar surface area (TPSA) is 73.2 Å². The maximum absolute atomic E-state index is 9.39. The molecule has 0 radical (unpaired) electrons. The monoisotopic (exact) mass is 314 g/mol. The van der Waals surface area contributed by atoms with Crippen LogP contribution < -0.4 is 0 Å². The number of hydrogen-bond acceptors (Lipinski definition) is 6.